The van der Waals surface area contributed by atoms with Gasteiger partial charge in [-0.1, -0.05) is 0 Å². The zero-order valence-electron chi connectivity index (χ0n) is 13.9. The molecule has 1 N–H and O–H groups in total. The zero-order chi connectivity index (χ0) is 16.4. The fourth-order valence-corrected chi connectivity index (χ4v) is 2.64. The fourth-order valence-electron chi connectivity index (χ4n) is 2.64. The first kappa shape index (κ1) is 15.6. The number of aromatic nitrogens is 3. The summed E-state index contributed by atoms with van der Waals surface area (Å²) in [7, 11) is 0. The Balaban J connectivity index is 1.67. The van der Waals surface area contributed by atoms with E-state index in [4.69, 9.17) is 4.74 Å². The number of H-pyrrole nitrogens is 1. The Morgan fingerprint density at radius 2 is 2.04 bits per heavy atom. The van der Waals surface area contributed by atoms with Crippen LogP contribution in [0.5, 0.6) is 0 Å². The largest absolute Gasteiger partial charge is 0.444 e. The number of amides is 1. The molecule has 3 rings (SSSR count). The first-order valence-electron chi connectivity index (χ1n) is 7.95. The monoisotopic (exact) mass is 317 g/mol. The third kappa shape index (κ3) is 3.72. The van der Waals surface area contributed by atoms with Gasteiger partial charge in [-0.15, -0.1) is 0 Å². The molecule has 0 spiro atoms. The van der Waals surface area contributed by atoms with Crippen molar-refractivity contribution in [1.82, 2.24) is 19.9 Å². The molecule has 0 radical (unpaired) electrons. The second-order valence-electron chi connectivity index (χ2n) is 6.75. The molecule has 7 heteroatoms. The van der Waals surface area contributed by atoms with Crippen LogP contribution < -0.4 is 4.90 Å². The van der Waals surface area contributed by atoms with Gasteiger partial charge < -0.3 is 19.5 Å². The third-order valence-electron chi connectivity index (χ3n) is 3.74. The van der Waals surface area contributed by atoms with Crippen LogP contribution in [0.1, 0.15) is 27.2 Å². The van der Waals surface area contributed by atoms with Gasteiger partial charge >= 0.3 is 6.09 Å². The summed E-state index contributed by atoms with van der Waals surface area (Å²) in [6.45, 7) is 8.60. The van der Waals surface area contributed by atoms with Crippen LogP contribution in [-0.4, -0.2) is 57.7 Å². The number of fused-ring (bicyclic) bond motifs is 1. The maximum atomic E-state index is 12.2. The molecule has 0 unspecified atom stereocenters. The average Bonchev–Trinajstić information content (AvgIpc) is 2.79. The third-order valence-corrected chi connectivity index (χ3v) is 3.74. The SMILES string of the molecule is CC(C)(C)OC(=O)N1CCCN(c2ccc3[nH]cnc3n2)CC1. The molecule has 7 nitrogen and oxygen atoms in total. The van der Waals surface area contributed by atoms with Gasteiger partial charge in [0.05, 0.1) is 11.8 Å². The molecule has 2 aromatic heterocycles. The molecule has 1 aliphatic rings. The minimum atomic E-state index is -0.463. The predicted octanol–water partition coefficient (Wildman–Crippen LogP) is 2.41. The van der Waals surface area contributed by atoms with Crippen molar-refractivity contribution >= 4 is 23.1 Å². The number of nitrogens with zero attached hydrogens (tertiary/aromatic N) is 4. The summed E-state index contributed by atoms with van der Waals surface area (Å²) in [5, 5.41) is 0. The van der Waals surface area contributed by atoms with Crippen molar-refractivity contribution in [3.63, 3.8) is 0 Å². The minimum absolute atomic E-state index is 0.241. The Morgan fingerprint density at radius 3 is 2.83 bits per heavy atom. The topological polar surface area (TPSA) is 74.3 Å². The Labute approximate surface area is 135 Å². The van der Waals surface area contributed by atoms with Gasteiger partial charge in [0.1, 0.15) is 11.4 Å². The van der Waals surface area contributed by atoms with Crippen LogP contribution in [-0.2, 0) is 4.74 Å². The second-order valence-corrected chi connectivity index (χ2v) is 6.75. The lowest BCUT2D eigenvalue weighted by atomic mass is 10.2. The summed E-state index contributed by atoms with van der Waals surface area (Å²) >= 11 is 0. The lowest BCUT2D eigenvalue weighted by molar-refractivity contribution is 0.0263. The smallest absolute Gasteiger partial charge is 0.410 e. The number of imidazole rings is 1. The second kappa shape index (κ2) is 6.06. The molecule has 124 valence electrons. The summed E-state index contributed by atoms with van der Waals surface area (Å²) in [6, 6.07) is 3.98. The highest BCUT2D eigenvalue weighted by atomic mass is 16.6. The van der Waals surface area contributed by atoms with E-state index in [1.165, 1.54) is 0 Å². The summed E-state index contributed by atoms with van der Waals surface area (Å²) in [5.74, 6) is 0.899. The van der Waals surface area contributed by atoms with Crippen molar-refractivity contribution in [1.29, 1.82) is 0 Å². The molecule has 1 saturated heterocycles. The first-order chi connectivity index (χ1) is 10.9. The quantitative estimate of drug-likeness (QED) is 0.874. The molecule has 0 bridgehead atoms. The van der Waals surface area contributed by atoms with Crippen LogP contribution in [0.15, 0.2) is 18.5 Å². The Bertz CT molecular complexity index is 691. The maximum Gasteiger partial charge on any atom is 0.410 e. The van der Waals surface area contributed by atoms with Crippen molar-refractivity contribution < 1.29 is 9.53 Å². The molecule has 1 aliphatic heterocycles. The number of anilines is 1. The van der Waals surface area contributed by atoms with E-state index in [0.29, 0.717) is 13.1 Å². The highest BCUT2D eigenvalue weighted by molar-refractivity contribution is 5.72. The number of carbonyl (C=O) groups is 1. The van der Waals surface area contributed by atoms with Gasteiger partial charge in [0, 0.05) is 26.2 Å². The lowest BCUT2D eigenvalue weighted by Gasteiger charge is -2.26. The Hall–Kier alpha value is -2.31. The molecule has 1 fully saturated rings. The van der Waals surface area contributed by atoms with Crippen molar-refractivity contribution in [2.45, 2.75) is 32.8 Å². The van der Waals surface area contributed by atoms with Crippen molar-refractivity contribution in [3.8, 4) is 0 Å². The van der Waals surface area contributed by atoms with E-state index < -0.39 is 5.60 Å². The van der Waals surface area contributed by atoms with E-state index in [0.717, 1.165) is 36.5 Å². The highest BCUT2D eigenvalue weighted by Crippen LogP contribution is 2.18. The number of hydrogen-bond donors (Lipinski definition) is 1. The highest BCUT2D eigenvalue weighted by Gasteiger charge is 2.24. The number of pyridine rings is 1. The molecular formula is C16H23N5O2. The number of hydrogen-bond acceptors (Lipinski definition) is 5. The van der Waals surface area contributed by atoms with Crippen LogP contribution >= 0.6 is 0 Å². The summed E-state index contributed by atoms with van der Waals surface area (Å²) in [5.41, 5.74) is 1.19. The fraction of sp³-hybridized carbons (Fsp3) is 0.562. The predicted molar refractivity (Wildman–Crippen MR) is 88.5 cm³/mol. The van der Waals surface area contributed by atoms with Gasteiger partial charge in [0.15, 0.2) is 5.65 Å². The van der Waals surface area contributed by atoms with Gasteiger partial charge in [0.2, 0.25) is 0 Å². The lowest BCUT2D eigenvalue weighted by Crippen LogP contribution is -2.39. The van der Waals surface area contributed by atoms with Crippen molar-refractivity contribution in [2.75, 3.05) is 31.1 Å². The first-order valence-corrected chi connectivity index (χ1v) is 7.95. The van der Waals surface area contributed by atoms with Gasteiger partial charge in [-0.2, -0.15) is 0 Å². The molecule has 1 amide bonds. The van der Waals surface area contributed by atoms with Crippen molar-refractivity contribution in [2.24, 2.45) is 0 Å². The molecule has 0 aromatic carbocycles. The van der Waals surface area contributed by atoms with E-state index in [1.54, 1.807) is 11.2 Å². The molecule has 0 saturated carbocycles. The van der Waals surface area contributed by atoms with Crippen LogP contribution in [0.25, 0.3) is 11.2 Å². The van der Waals surface area contributed by atoms with E-state index in [2.05, 4.69) is 19.9 Å². The van der Waals surface area contributed by atoms with Crippen LogP contribution in [0.4, 0.5) is 10.6 Å². The maximum absolute atomic E-state index is 12.2. The van der Waals surface area contributed by atoms with E-state index in [9.17, 15) is 4.79 Å². The average molecular weight is 317 g/mol. The molecule has 2 aromatic rings. The van der Waals surface area contributed by atoms with Gasteiger partial charge in [-0.3, -0.25) is 0 Å². The Morgan fingerprint density at radius 1 is 1.22 bits per heavy atom. The zero-order valence-corrected chi connectivity index (χ0v) is 13.9. The van der Waals surface area contributed by atoms with Crippen molar-refractivity contribution in [3.05, 3.63) is 18.5 Å². The molecule has 0 atom stereocenters. The summed E-state index contributed by atoms with van der Waals surface area (Å²) < 4.78 is 5.46. The summed E-state index contributed by atoms with van der Waals surface area (Å²) in [4.78, 5) is 28.0. The normalized spacial score (nSPS) is 16.5. The van der Waals surface area contributed by atoms with Gasteiger partial charge in [0.25, 0.3) is 0 Å². The number of nitrogens with one attached hydrogen (secondary N) is 1. The van der Waals surface area contributed by atoms with Gasteiger partial charge in [-0.05, 0) is 39.3 Å². The van der Waals surface area contributed by atoms with E-state index >= 15 is 0 Å². The molecule has 23 heavy (non-hydrogen) atoms. The number of aromatic amines is 1. The van der Waals surface area contributed by atoms with Crippen LogP contribution in [0.2, 0.25) is 0 Å². The number of rotatable bonds is 1. The minimum Gasteiger partial charge on any atom is -0.444 e. The van der Waals surface area contributed by atoms with Crippen LogP contribution in [0, 0.1) is 0 Å². The van der Waals surface area contributed by atoms with Gasteiger partial charge in [-0.25, -0.2) is 14.8 Å². The Kier molecular flexibility index (Phi) is 4.11. The number of ether oxygens (including phenoxy) is 1. The molecule has 3 heterocycles. The standard InChI is InChI=1S/C16H23N5O2/c1-16(2,3)23-15(22)21-8-4-7-20(9-10-21)13-6-5-12-14(19-13)18-11-17-12/h5-6,11H,4,7-10H2,1-3H3,(H,17,18,19). The van der Waals surface area contributed by atoms with Crippen LogP contribution in [0.3, 0.4) is 0 Å². The number of carbonyl (C=O) groups excluding carboxylic acids is 1. The van der Waals surface area contributed by atoms with E-state index in [1.807, 2.05) is 32.9 Å². The van der Waals surface area contributed by atoms with E-state index in [-0.39, 0.29) is 6.09 Å². The molecule has 0 aliphatic carbocycles. The summed E-state index contributed by atoms with van der Waals surface area (Å²) in [6.07, 6.45) is 2.29. The molecular weight excluding hydrogens is 294 g/mol.